The maximum atomic E-state index is 4.62. The van der Waals surface area contributed by atoms with Crippen molar-refractivity contribution in [1.29, 1.82) is 0 Å². The molecule has 0 aromatic carbocycles. The van der Waals surface area contributed by atoms with Gasteiger partial charge in [0.1, 0.15) is 5.65 Å². The molecule has 26 heavy (non-hydrogen) atoms. The maximum absolute atomic E-state index is 4.62. The number of pyridine rings is 1. The van der Waals surface area contributed by atoms with E-state index in [9.17, 15) is 0 Å². The van der Waals surface area contributed by atoms with Crippen molar-refractivity contribution in [3.8, 4) is 0 Å². The van der Waals surface area contributed by atoms with Crippen LogP contribution < -0.4 is 10.6 Å². The molecule has 2 N–H and O–H groups in total. The van der Waals surface area contributed by atoms with Crippen LogP contribution in [0.3, 0.4) is 0 Å². The predicted molar refractivity (Wildman–Crippen MR) is 121 cm³/mol. The largest absolute Gasteiger partial charge is 0.356 e. The Kier molecular flexibility index (Phi) is 8.37. The van der Waals surface area contributed by atoms with Crippen molar-refractivity contribution >= 4 is 46.9 Å². The Morgan fingerprint density at radius 3 is 2.88 bits per heavy atom. The highest BCUT2D eigenvalue weighted by Crippen LogP contribution is 2.13. The van der Waals surface area contributed by atoms with Crippen molar-refractivity contribution in [2.24, 2.45) is 10.9 Å². The zero-order valence-corrected chi connectivity index (χ0v) is 18.3. The fourth-order valence-corrected chi connectivity index (χ4v) is 3.62. The summed E-state index contributed by atoms with van der Waals surface area (Å²) < 4.78 is 2.05. The summed E-state index contributed by atoms with van der Waals surface area (Å²) in [6, 6.07) is 10.3. The predicted octanol–water partition coefficient (Wildman–Crippen LogP) is 3.60. The maximum Gasteiger partial charge on any atom is 0.190 e. The third-order valence-electron chi connectivity index (χ3n) is 4.06. The first-order valence-corrected chi connectivity index (χ1v) is 9.52. The molecular formula is C19H26IN5S. The lowest BCUT2D eigenvalue weighted by Crippen LogP contribution is -2.40. The number of aromatic nitrogens is 2. The van der Waals surface area contributed by atoms with Gasteiger partial charge in [0.15, 0.2) is 5.96 Å². The van der Waals surface area contributed by atoms with Crippen molar-refractivity contribution < 1.29 is 0 Å². The molecule has 140 valence electrons. The molecule has 1 unspecified atom stereocenters. The van der Waals surface area contributed by atoms with Crippen molar-refractivity contribution in [3.63, 3.8) is 0 Å². The molecule has 3 rings (SSSR count). The summed E-state index contributed by atoms with van der Waals surface area (Å²) in [7, 11) is 1.81. The monoisotopic (exact) mass is 483 g/mol. The molecule has 7 heteroatoms. The van der Waals surface area contributed by atoms with E-state index in [0.717, 1.165) is 43.2 Å². The minimum absolute atomic E-state index is 0. The Morgan fingerprint density at radius 2 is 2.15 bits per heavy atom. The molecule has 0 aliphatic rings. The normalized spacial score (nSPS) is 12.6. The van der Waals surface area contributed by atoms with E-state index in [-0.39, 0.29) is 24.0 Å². The van der Waals surface area contributed by atoms with Crippen molar-refractivity contribution in [2.75, 3.05) is 20.1 Å². The molecule has 3 heterocycles. The smallest absolute Gasteiger partial charge is 0.190 e. The quantitative estimate of drug-likeness (QED) is 0.307. The Labute approximate surface area is 176 Å². The van der Waals surface area contributed by atoms with Gasteiger partial charge in [-0.1, -0.05) is 19.1 Å². The van der Waals surface area contributed by atoms with Crippen LogP contribution in [0, 0.1) is 5.92 Å². The summed E-state index contributed by atoms with van der Waals surface area (Å²) in [4.78, 5) is 10.4. The van der Waals surface area contributed by atoms with Gasteiger partial charge < -0.3 is 15.0 Å². The van der Waals surface area contributed by atoms with Gasteiger partial charge in [-0.15, -0.1) is 35.3 Å². The van der Waals surface area contributed by atoms with Gasteiger partial charge in [-0.25, -0.2) is 4.98 Å². The van der Waals surface area contributed by atoms with Gasteiger partial charge in [0.25, 0.3) is 0 Å². The summed E-state index contributed by atoms with van der Waals surface area (Å²) in [5.74, 6) is 1.41. The third-order valence-corrected chi connectivity index (χ3v) is 4.96. The first kappa shape index (κ1) is 20.7. The highest BCUT2D eigenvalue weighted by molar-refractivity contribution is 14.0. The van der Waals surface area contributed by atoms with Crippen LogP contribution in [0.4, 0.5) is 0 Å². The van der Waals surface area contributed by atoms with E-state index in [1.165, 1.54) is 4.88 Å². The topological polar surface area (TPSA) is 53.7 Å². The first-order valence-electron chi connectivity index (χ1n) is 8.64. The Balaban J connectivity index is 0.00000243. The van der Waals surface area contributed by atoms with Crippen LogP contribution in [0.25, 0.3) is 5.65 Å². The molecule has 0 fully saturated rings. The number of nitrogens with zero attached hydrogens (tertiary/aromatic N) is 3. The summed E-state index contributed by atoms with van der Waals surface area (Å²) in [5, 5.41) is 8.92. The van der Waals surface area contributed by atoms with Crippen LogP contribution in [0.15, 0.2) is 53.1 Å². The average molecular weight is 483 g/mol. The molecule has 0 radical (unpaired) electrons. The summed E-state index contributed by atoms with van der Waals surface area (Å²) in [5.41, 5.74) is 2.07. The Morgan fingerprint density at radius 1 is 1.27 bits per heavy atom. The first-order chi connectivity index (χ1) is 12.2. The molecule has 0 bridgehead atoms. The lowest BCUT2D eigenvalue weighted by atomic mass is 10.1. The van der Waals surface area contributed by atoms with Crippen LogP contribution in [0.1, 0.15) is 17.5 Å². The third kappa shape index (κ3) is 5.98. The number of fused-ring (bicyclic) bond motifs is 1. The number of halogens is 1. The van der Waals surface area contributed by atoms with E-state index in [4.69, 9.17) is 0 Å². The standard InChI is InChI=1S/C19H25N5S.HI/c1-15(12-17-6-5-11-25-17)13-22-19(20-2)21-9-8-16-14-24-10-4-3-7-18(24)23-16;/h3-7,10-11,14-15H,8-9,12-13H2,1-2H3,(H2,20,21,22);1H. The highest BCUT2D eigenvalue weighted by Gasteiger charge is 2.06. The van der Waals surface area contributed by atoms with Crippen LogP contribution >= 0.6 is 35.3 Å². The van der Waals surface area contributed by atoms with E-state index in [1.54, 1.807) is 0 Å². The highest BCUT2D eigenvalue weighted by atomic mass is 127. The molecule has 0 amide bonds. The minimum atomic E-state index is 0. The summed E-state index contributed by atoms with van der Waals surface area (Å²) in [6.45, 7) is 3.98. The van der Waals surface area contributed by atoms with Crippen LogP contribution in [0.2, 0.25) is 0 Å². The van der Waals surface area contributed by atoms with E-state index >= 15 is 0 Å². The molecule has 0 spiro atoms. The number of hydrogen-bond donors (Lipinski definition) is 2. The van der Waals surface area contributed by atoms with Crippen LogP contribution in [-0.4, -0.2) is 35.5 Å². The molecule has 0 aliphatic heterocycles. The zero-order chi connectivity index (χ0) is 17.5. The number of rotatable bonds is 7. The second kappa shape index (κ2) is 10.5. The van der Waals surface area contributed by atoms with E-state index in [2.05, 4.69) is 55.6 Å². The van der Waals surface area contributed by atoms with Crippen LogP contribution in [-0.2, 0) is 12.8 Å². The van der Waals surface area contributed by atoms with E-state index in [0.29, 0.717) is 5.92 Å². The lowest BCUT2D eigenvalue weighted by Gasteiger charge is -2.15. The fourth-order valence-electron chi connectivity index (χ4n) is 2.75. The van der Waals surface area contributed by atoms with Gasteiger partial charge in [0.05, 0.1) is 5.69 Å². The fraction of sp³-hybridized carbons (Fsp3) is 0.368. The number of nitrogens with one attached hydrogen (secondary N) is 2. The van der Waals surface area contributed by atoms with Gasteiger partial charge >= 0.3 is 0 Å². The van der Waals surface area contributed by atoms with Crippen molar-refractivity contribution in [1.82, 2.24) is 20.0 Å². The number of hydrogen-bond acceptors (Lipinski definition) is 3. The zero-order valence-electron chi connectivity index (χ0n) is 15.2. The van der Waals surface area contributed by atoms with E-state index in [1.807, 2.05) is 42.8 Å². The minimum Gasteiger partial charge on any atom is -0.356 e. The number of aliphatic imine (C=N–C) groups is 1. The number of guanidine groups is 1. The molecule has 0 aliphatic carbocycles. The van der Waals surface area contributed by atoms with Gasteiger partial charge in [0, 0.05) is 43.8 Å². The van der Waals surface area contributed by atoms with E-state index < -0.39 is 0 Å². The summed E-state index contributed by atoms with van der Waals surface area (Å²) in [6.07, 6.45) is 6.07. The number of imidazole rings is 1. The molecular weight excluding hydrogens is 457 g/mol. The van der Waals surface area contributed by atoms with Crippen molar-refractivity contribution in [3.05, 3.63) is 58.7 Å². The second-order valence-corrected chi connectivity index (χ2v) is 7.25. The Bertz CT molecular complexity index is 779. The second-order valence-electron chi connectivity index (χ2n) is 6.22. The molecule has 0 saturated heterocycles. The van der Waals surface area contributed by atoms with Gasteiger partial charge in [-0.3, -0.25) is 4.99 Å². The van der Waals surface area contributed by atoms with Gasteiger partial charge in [-0.2, -0.15) is 0 Å². The summed E-state index contributed by atoms with van der Waals surface area (Å²) >= 11 is 1.82. The molecule has 1 atom stereocenters. The van der Waals surface area contributed by atoms with Crippen molar-refractivity contribution in [2.45, 2.75) is 19.8 Å². The van der Waals surface area contributed by atoms with Gasteiger partial charge in [0.2, 0.25) is 0 Å². The van der Waals surface area contributed by atoms with Crippen LogP contribution in [0.5, 0.6) is 0 Å². The molecule has 5 nitrogen and oxygen atoms in total. The van der Waals surface area contributed by atoms with Gasteiger partial charge in [-0.05, 0) is 35.9 Å². The average Bonchev–Trinajstić information content (AvgIpc) is 3.26. The Hall–Kier alpha value is -1.61. The molecule has 0 saturated carbocycles. The SMILES string of the molecule is CN=C(NCCc1cn2ccccc2n1)NCC(C)Cc1cccs1.I. The number of thiophene rings is 1. The molecule has 3 aromatic heterocycles. The lowest BCUT2D eigenvalue weighted by molar-refractivity contribution is 0.562. The molecule has 3 aromatic rings.